The maximum absolute atomic E-state index is 6.28. The third-order valence-electron chi connectivity index (χ3n) is 3.37. The van der Waals surface area contributed by atoms with E-state index >= 15 is 0 Å². The molecule has 0 aromatic heterocycles. The zero-order chi connectivity index (χ0) is 21.7. The molecule has 0 rings (SSSR count). The van der Waals surface area contributed by atoms with Crippen molar-refractivity contribution in [3.05, 3.63) is 0 Å². The Morgan fingerprint density at radius 1 is 0.429 bits per heavy atom. The van der Waals surface area contributed by atoms with E-state index in [1.165, 1.54) is 0 Å². The molecule has 0 spiro atoms. The summed E-state index contributed by atoms with van der Waals surface area (Å²) < 4.78 is 53.8. The second-order valence-electron chi connectivity index (χ2n) is 5.83. The molecule has 28 heavy (non-hydrogen) atoms. The van der Waals surface area contributed by atoms with Crippen LogP contribution in [-0.2, 0) is 36.2 Å². The zero-order valence-corrected chi connectivity index (χ0v) is 24.4. The Labute approximate surface area is 180 Å². The Balaban J connectivity index is 5.66. The van der Waals surface area contributed by atoms with E-state index in [2.05, 4.69) is 0 Å². The van der Waals surface area contributed by atoms with Gasteiger partial charge in [0.05, 0.1) is 0 Å². The topological polar surface area (TPSA) is 83.1 Å². The fourth-order valence-corrected chi connectivity index (χ4v) is 19.8. The van der Waals surface area contributed by atoms with Crippen molar-refractivity contribution in [3.8, 4) is 0 Å². The maximum atomic E-state index is 6.28. The molecule has 168 valence electrons. The van der Waals surface area contributed by atoms with Crippen molar-refractivity contribution in [1.82, 2.24) is 0 Å². The molecule has 0 aliphatic rings. The van der Waals surface area contributed by atoms with Crippen molar-refractivity contribution in [3.63, 3.8) is 0 Å². The van der Waals surface area contributed by atoms with Gasteiger partial charge in [-0.25, -0.2) is 0 Å². The van der Waals surface area contributed by atoms with Gasteiger partial charge in [-0.2, -0.15) is 0 Å². The Hall–Kier alpha value is 0.927. The molecule has 0 N–H and O–H groups in total. The molecular weight excluding hydrogens is 478 g/mol. The van der Waals surface area contributed by atoms with E-state index in [4.69, 9.17) is 36.2 Å². The van der Waals surface area contributed by atoms with Crippen molar-refractivity contribution >= 4 is 43.7 Å². The van der Waals surface area contributed by atoms with Crippen LogP contribution in [0, 0.1) is 0 Å². The summed E-state index contributed by atoms with van der Waals surface area (Å²) in [7, 11) is -8.84. The van der Waals surface area contributed by atoms with E-state index < -0.39 is 43.7 Å². The van der Waals surface area contributed by atoms with Gasteiger partial charge in [-0.1, -0.05) is 0 Å². The molecule has 0 aliphatic heterocycles. The van der Waals surface area contributed by atoms with Crippen LogP contribution >= 0.6 is 0 Å². The van der Waals surface area contributed by atoms with E-state index in [-0.39, 0.29) is 0 Å². The molecule has 0 aliphatic carbocycles. The average molecular weight is 517 g/mol. The standard InChI is InChI=1S/3C5H13O3Si.Ga/c3*1-4-7-9(3,6)8-5-2;/h3*4-5H2,1-3H3;/q3*-1;+3. The van der Waals surface area contributed by atoms with E-state index in [1.807, 2.05) is 61.2 Å². The normalized spacial score (nSPS) is 13.2. The van der Waals surface area contributed by atoms with Gasteiger partial charge < -0.3 is 0 Å². The molecule has 0 saturated heterocycles. The van der Waals surface area contributed by atoms with Crippen LogP contribution in [0.25, 0.3) is 0 Å². The van der Waals surface area contributed by atoms with Crippen LogP contribution in [0.4, 0.5) is 0 Å². The van der Waals surface area contributed by atoms with Gasteiger partial charge in [0.15, 0.2) is 0 Å². The Morgan fingerprint density at radius 2 is 0.607 bits per heavy atom. The van der Waals surface area contributed by atoms with Crippen molar-refractivity contribution in [2.24, 2.45) is 0 Å². The summed E-state index contributed by atoms with van der Waals surface area (Å²) in [6, 6.07) is 0. The number of hydrogen-bond acceptors (Lipinski definition) is 9. The molecule has 0 amide bonds. The van der Waals surface area contributed by atoms with Gasteiger partial charge in [-0.3, -0.25) is 0 Å². The molecule has 0 fully saturated rings. The molecular formula is C15H39GaO9Si3. The van der Waals surface area contributed by atoms with Crippen LogP contribution < -0.4 is 0 Å². The fraction of sp³-hybridized carbons (Fsp3) is 1.00. The van der Waals surface area contributed by atoms with Gasteiger partial charge in [0, 0.05) is 0 Å². The third kappa shape index (κ3) is 11.4. The van der Waals surface area contributed by atoms with Crippen LogP contribution in [0.1, 0.15) is 41.5 Å². The van der Waals surface area contributed by atoms with Crippen molar-refractivity contribution in [2.45, 2.75) is 61.2 Å². The Morgan fingerprint density at radius 3 is 0.750 bits per heavy atom. The first-order chi connectivity index (χ1) is 13.1. The third-order valence-corrected chi connectivity index (χ3v) is 21.8. The van der Waals surface area contributed by atoms with Gasteiger partial charge in [0.2, 0.25) is 0 Å². The van der Waals surface area contributed by atoms with Crippen LogP contribution in [0.5, 0.6) is 0 Å². The van der Waals surface area contributed by atoms with Crippen molar-refractivity contribution in [1.29, 1.82) is 0 Å². The minimum atomic E-state index is -3.46. The second kappa shape index (κ2) is 14.8. The SMILES string of the molecule is CCO[Si](C)(OCC)[O][Ga]([O][Si](C)(OCC)OCC)[O][Si](C)(OCC)OCC. The number of rotatable bonds is 18. The molecule has 0 saturated carbocycles. The zero-order valence-electron chi connectivity index (χ0n) is 19.0. The summed E-state index contributed by atoms with van der Waals surface area (Å²) in [4.78, 5) is 0. The second-order valence-corrected chi connectivity index (χ2v) is 19.1. The molecule has 0 unspecified atom stereocenters. The molecule has 0 atom stereocenters. The molecule has 9 nitrogen and oxygen atoms in total. The van der Waals surface area contributed by atoms with Gasteiger partial charge in [0.1, 0.15) is 0 Å². The predicted molar refractivity (Wildman–Crippen MR) is 114 cm³/mol. The summed E-state index contributed by atoms with van der Waals surface area (Å²) in [5.41, 5.74) is 0. The first-order valence-corrected chi connectivity index (χ1v) is 19.7. The summed E-state index contributed by atoms with van der Waals surface area (Å²) in [6.45, 7) is 19.7. The van der Waals surface area contributed by atoms with Crippen molar-refractivity contribution in [2.75, 3.05) is 39.6 Å². The van der Waals surface area contributed by atoms with E-state index in [0.717, 1.165) is 0 Å². The summed E-state index contributed by atoms with van der Waals surface area (Å²) in [6.07, 6.45) is 0. The molecule has 0 aromatic rings. The van der Waals surface area contributed by atoms with Crippen LogP contribution in [0.2, 0.25) is 19.6 Å². The van der Waals surface area contributed by atoms with Crippen LogP contribution in [0.15, 0.2) is 0 Å². The van der Waals surface area contributed by atoms with Crippen molar-refractivity contribution < 1.29 is 36.2 Å². The molecule has 0 heterocycles. The van der Waals surface area contributed by atoms with Gasteiger partial charge in [-0.15, -0.1) is 0 Å². The molecule has 0 bridgehead atoms. The van der Waals surface area contributed by atoms with Gasteiger partial charge in [-0.05, 0) is 0 Å². The predicted octanol–water partition coefficient (Wildman–Crippen LogP) is 2.95. The molecule has 13 heteroatoms. The van der Waals surface area contributed by atoms with Gasteiger partial charge in [0.25, 0.3) is 0 Å². The van der Waals surface area contributed by atoms with Crippen LogP contribution in [-0.4, -0.2) is 83.4 Å². The molecule has 0 radical (unpaired) electrons. The van der Waals surface area contributed by atoms with E-state index in [1.54, 1.807) is 0 Å². The Kier molecular flexibility index (Phi) is 15.3. The monoisotopic (exact) mass is 516 g/mol. The van der Waals surface area contributed by atoms with Crippen LogP contribution in [0.3, 0.4) is 0 Å². The fourth-order valence-electron chi connectivity index (χ4n) is 2.50. The molecule has 0 aromatic carbocycles. The first-order valence-electron chi connectivity index (χ1n) is 10.0. The first kappa shape index (κ1) is 28.9. The summed E-state index contributed by atoms with van der Waals surface area (Å²) in [5, 5.41) is 0. The Bertz CT molecular complexity index is 334. The average Bonchev–Trinajstić information content (AvgIpc) is 2.55. The van der Waals surface area contributed by atoms with Gasteiger partial charge >= 0.3 is 181 Å². The van der Waals surface area contributed by atoms with E-state index in [9.17, 15) is 0 Å². The summed E-state index contributed by atoms with van der Waals surface area (Å²) in [5.74, 6) is 0. The summed E-state index contributed by atoms with van der Waals surface area (Å²) >= 11 is -3.46. The van der Waals surface area contributed by atoms with E-state index in [0.29, 0.717) is 39.6 Å². The quantitative estimate of drug-likeness (QED) is 0.255. The minimum absolute atomic E-state index is 0.467. The number of hydrogen-bond donors (Lipinski definition) is 0.